The van der Waals surface area contributed by atoms with Crippen LogP contribution in [-0.2, 0) is 0 Å². The highest BCUT2D eigenvalue weighted by Gasteiger charge is 2.13. The summed E-state index contributed by atoms with van der Waals surface area (Å²) in [5, 5.41) is 0.500. The lowest BCUT2D eigenvalue weighted by molar-refractivity contribution is 0.324. The molecule has 4 heteroatoms. The Balaban J connectivity index is 3.27. The van der Waals surface area contributed by atoms with Gasteiger partial charge >= 0.3 is 0 Å². The van der Waals surface area contributed by atoms with Crippen LogP contribution < -0.4 is 14.2 Å². The second kappa shape index (κ2) is 4.23. The molecule has 0 aliphatic carbocycles. The van der Waals surface area contributed by atoms with Gasteiger partial charge in [0, 0.05) is 0 Å². The Morgan fingerprint density at radius 2 is 1.54 bits per heavy atom. The van der Waals surface area contributed by atoms with Crippen LogP contribution in [0.25, 0.3) is 0 Å². The van der Waals surface area contributed by atoms with Crippen LogP contribution in [0.15, 0.2) is 12.1 Å². The monoisotopic (exact) mass is 202 g/mol. The molecule has 1 aromatic carbocycles. The Hall–Kier alpha value is -1.09. The van der Waals surface area contributed by atoms with Gasteiger partial charge in [0.25, 0.3) is 0 Å². The van der Waals surface area contributed by atoms with Crippen molar-refractivity contribution in [2.24, 2.45) is 0 Å². The summed E-state index contributed by atoms with van der Waals surface area (Å²) in [5.74, 6) is 1.60. The van der Waals surface area contributed by atoms with E-state index in [9.17, 15) is 0 Å². The first-order chi connectivity index (χ1) is 6.24. The average molecular weight is 203 g/mol. The van der Waals surface area contributed by atoms with Crippen LogP contribution in [0, 0.1) is 0 Å². The summed E-state index contributed by atoms with van der Waals surface area (Å²) in [7, 11) is 4.63. The Kier molecular flexibility index (Phi) is 3.25. The van der Waals surface area contributed by atoms with Gasteiger partial charge in [0.1, 0.15) is 0 Å². The molecule has 72 valence electrons. The molecule has 0 N–H and O–H groups in total. The number of hydrogen-bond acceptors (Lipinski definition) is 3. The fraction of sp³-hybridized carbons (Fsp3) is 0.333. The topological polar surface area (TPSA) is 27.7 Å². The molecule has 0 spiro atoms. The fourth-order valence-corrected chi connectivity index (χ4v) is 1.29. The lowest BCUT2D eigenvalue weighted by Gasteiger charge is -2.12. The normalized spacial score (nSPS) is 9.54. The van der Waals surface area contributed by atoms with E-state index < -0.39 is 0 Å². The standard InChI is InChI=1S/C9H11ClO3/c1-11-7-5-4-6(10)8(12-2)9(7)13-3/h4-5H,1-3H3. The second-order valence-electron chi connectivity index (χ2n) is 2.32. The number of ether oxygens (including phenoxy) is 3. The summed E-state index contributed by atoms with van der Waals surface area (Å²) in [6, 6.07) is 3.42. The molecule has 3 nitrogen and oxygen atoms in total. The van der Waals surface area contributed by atoms with E-state index in [4.69, 9.17) is 25.8 Å². The molecule has 0 unspecified atom stereocenters. The van der Waals surface area contributed by atoms with Crippen molar-refractivity contribution < 1.29 is 14.2 Å². The Morgan fingerprint density at radius 1 is 0.923 bits per heavy atom. The lowest BCUT2D eigenvalue weighted by atomic mass is 10.3. The molecule has 1 rings (SSSR count). The van der Waals surface area contributed by atoms with E-state index in [0.29, 0.717) is 22.3 Å². The minimum atomic E-state index is 0.489. The Bertz CT molecular complexity index is 299. The maximum atomic E-state index is 5.88. The molecule has 0 saturated carbocycles. The van der Waals surface area contributed by atoms with Crippen LogP contribution in [0.4, 0.5) is 0 Å². The van der Waals surface area contributed by atoms with Gasteiger partial charge < -0.3 is 14.2 Å². The molecule has 0 fully saturated rings. The van der Waals surface area contributed by atoms with Gasteiger partial charge in [-0.05, 0) is 12.1 Å². The number of methoxy groups -OCH3 is 3. The Labute approximate surface area is 82.2 Å². The summed E-state index contributed by atoms with van der Waals surface area (Å²) >= 11 is 5.88. The third kappa shape index (κ3) is 1.80. The molecule has 0 amide bonds. The first-order valence-electron chi connectivity index (χ1n) is 3.69. The lowest BCUT2D eigenvalue weighted by Crippen LogP contribution is -1.94. The third-order valence-corrected chi connectivity index (χ3v) is 1.95. The average Bonchev–Trinajstić information content (AvgIpc) is 2.17. The molecule has 1 aromatic rings. The van der Waals surface area contributed by atoms with Gasteiger partial charge in [0.05, 0.1) is 26.4 Å². The van der Waals surface area contributed by atoms with Crippen LogP contribution in [0.1, 0.15) is 0 Å². The molecular formula is C9H11ClO3. The van der Waals surface area contributed by atoms with Crippen LogP contribution >= 0.6 is 11.6 Å². The molecular weight excluding hydrogens is 192 g/mol. The zero-order valence-electron chi connectivity index (χ0n) is 7.76. The SMILES string of the molecule is COc1ccc(Cl)c(OC)c1OC. The van der Waals surface area contributed by atoms with E-state index in [1.165, 1.54) is 14.2 Å². The van der Waals surface area contributed by atoms with Gasteiger partial charge in [-0.1, -0.05) is 11.6 Å². The first kappa shape index (κ1) is 9.99. The maximum absolute atomic E-state index is 5.88. The van der Waals surface area contributed by atoms with E-state index in [0.717, 1.165) is 0 Å². The highest BCUT2D eigenvalue weighted by atomic mass is 35.5. The predicted octanol–water partition coefficient (Wildman–Crippen LogP) is 2.37. The van der Waals surface area contributed by atoms with Gasteiger partial charge in [-0.25, -0.2) is 0 Å². The van der Waals surface area contributed by atoms with Crippen molar-refractivity contribution in [3.8, 4) is 17.2 Å². The molecule has 0 heterocycles. The van der Waals surface area contributed by atoms with Crippen LogP contribution in [0.2, 0.25) is 5.02 Å². The summed E-state index contributed by atoms with van der Waals surface area (Å²) < 4.78 is 15.2. The van der Waals surface area contributed by atoms with Crippen molar-refractivity contribution in [1.82, 2.24) is 0 Å². The van der Waals surface area contributed by atoms with Crippen molar-refractivity contribution in [3.63, 3.8) is 0 Å². The number of halogens is 1. The molecule has 0 aromatic heterocycles. The summed E-state index contributed by atoms with van der Waals surface area (Å²) in [4.78, 5) is 0. The van der Waals surface area contributed by atoms with E-state index in [1.54, 1.807) is 19.2 Å². The number of benzene rings is 1. The van der Waals surface area contributed by atoms with E-state index in [-0.39, 0.29) is 0 Å². The smallest absolute Gasteiger partial charge is 0.204 e. The number of rotatable bonds is 3. The summed E-state index contributed by atoms with van der Waals surface area (Å²) in [6.45, 7) is 0. The predicted molar refractivity (Wildman–Crippen MR) is 51.1 cm³/mol. The zero-order chi connectivity index (χ0) is 9.84. The van der Waals surface area contributed by atoms with E-state index in [2.05, 4.69) is 0 Å². The second-order valence-corrected chi connectivity index (χ2v) is 2.72. The van der Waals surface area contributed by atoms with Crippen LogP contribution in [0.3, 0.4) is 0 Å². The molecule has 0 radical (unpaired) electrons. The van der Waals surface area contributed by atoms with Gasteiger partial charge in [0.2, 0.25) is 5.75 Å². The first-order valence-corrected chi connectivity index (χ1v) is 4.06. The minimum Gasteiger partial charge on any atom is -0.493 e. The number of hydrogen-bond donors (Lipinski definition) is 0. The van der Waals surface area contributed by atoms with Gasteiger partial charge in [0.15, 0.2) is 11.5 Å². The van der Waals surface area contributed by atoms with E-state index >= 15 is 0 Å². The van der Waals surface area contributed by atoms with Crippen molar-refractivity contribution >= 4 is 11.6 Å². The van der Waals surface area contributed by atoms with E-state index in [1.807, 2.05) is 0 Å². The highest BCUT2D eigenvalue weighted by Crippen LogP contribution is 2.41. The molecule has 0 atom stereocenters. The molecule has 0 aliphatic heterocycles. The van der Waals surface area contributed by atoms with Crippen LogP contribution in [0.5, 0.6) is 17.2 Å². The Morgan fingerprint density at radius 3 is 2.00 bits per heavy atom. The molecule has 13 heavy (non-hydrogen) atoms. The van der Waals surface area contributed by atoms with Gasteiger partial charge in [-0.15, -0.1) is 0 Å². The van der Waals surface area contributed by atoms with Gasteiger partial charge in [-0.2, -0.15) is 0 Å². The molecule has 0 aliphatic rings. The third-order valence-electron chi connectivity index (χ3n) is 1.66. The van der Waals surface area contributed by atoms with Crippen molar-refractivity contribution in [3.05, 3.63) is 17.2 Å². The minimum absolute atomic E-state index is 0.489. The maximum Gasteiger partial charge on any atom is 0.204 e. The molecule has 0 saturated heterocycles. The largest absolute Gasteiger partial charge is 0.493 e. The zero-order valence-corrected chi connectivity index (χ0v) is 8.51. The fourth-order valence-electron chi connectivity index (χ4n) is 1.06. The molecule has 0 bridgehead atoms. The quantitative estimate of drug-likeness (QED) is 0.753. The van der Waals surface area contributed by atoms with Crippen molar-refractivity contribution in [2.45, 2.75) is 0 Å². The van der Waals surface area contributed by atoms with Crippen molar-refractivity contribution in [2.75, 3.05) is 21.3 Å². The summed E-state index contributed by atoms with van der Waals surface area (Å²) in [6.07, 6.45) is 0. The summed E-state index contributed by atoms with van der Waals surface area (Å²) in [5.41, 5.74) is 0. The van der Waals surface area contributed by atoms with Crippen molar-refractivity contribution in [1.29, 1.82) is 0 Å². The van der Waals surface area contributed by atoms with Gasteiger partial charge in [-0.3, -0.25) is 0 Å². The highest BCUT2D eigenvalue weighted by molar-refractivity contribution is 6.32. The van der Waals surface area contributed by atoms with Crippen LogP contribution in [-0.4, -0.2) is 21.3 Å².